The van der Waals surface area contributed by atoms with Crippen LogP contribution in [0.5, 0.6) is 0 Å². The van der Waals surface area contributed by atoms with Crippen molar-refractivity contribution < 1.29 is 0 Å². The Morgan fingerprint density at radius 1 is 1.26 bits per heavy atom. The molecule has 0 saturated carbocycles. The lowest BCUT2D eigenvalue weighted by Gasteiger charge is -2.15. The Morgan fingerprint density at radius 3 is 2.58 bits per heavy atom. The average molecular weight is 339 g/mol. The maximum atomic E-state index is 5.76. The van der Waals surface area contributed by atoms with Crippen molar-refractivity contribution >= 4 is 39.3 Å². The van der Waals surface area contributed by atoms with Gasteiger partial charge in [-0.05, 0) is 30.9 Å². The first-order chi connectivity index (χ1) is 9.08. The van der Waals surface area contributed by atoms with Crippen LogP contribution in [0.4, 0.5) is 11.6 Å². The van der Waals surface area contributed by atoms with Crippen LogP contribution < -0.4 is 11.1 Å². The highest BCUT2D eigenvalue weighted by atomic mass is 79.9. The highest BCUT2D eigenvalue weighted by Crippen LogP contribution is 2.22. The summed E-state index contributed by atoms with van der Waals surface area (Å²) >= 11 is 4.90. The van der Waals surface area contributed by atoms with E-state index in [1.54, 1.807) is 6.07 Å². The minimum absolute atomic E-state index is 0.150. The molecule has 0 radical (unpaired) electrons. The van der Waals surface area contributed by atoms with E-state index >= 15 is 0 Å². The number of halogens is 1. The fourth-order valence-corrected chi connectivity index (χ4v) is 2.32. The Hall–Kier alpha value is -1.27. The maximum absolute atomic E-state index is 5.76. The molecule has 0 bridgehead atoms. The first kappa shape index (κ1) is 14.1. The van der Waals surface area contributed by atoms with Crippen LogP contribution in [-0.4, -0.2) is 16.2 Å². The van der Waals surface area contributed by atoms with Crippen molar-refractivity contribution in [3.8, 4) is 0 Å². The number of nitrogens with one attached hydrogen (secondary N) is 1. The molecule has 0 spiro atoms. The van der Waals surface area contributed by atoms with Crippen LogP contribution in [0.15, 0.2) is 40.0 Å². The predicted molar refractivity (Wildman–Crippen MR) is 84.4 cm³/mol. The van der Waals surface area contributed by atoms with Gasteiger partial charge in [-0.25, -0.2) is 9.97 Å². The van der Waals surface area contributed by atoms with Gasteiger partial charge < -0.3 is 11.1 Å². The molecule has 1 heterocycles. The standard InChI is InChI=1S/C13H15BrN4S/c1-8(9-3-5-10(14)6-4-9)16-12-7-11(15)17-13(18-12)19-2/h3-8H,1-2H3,(H3,15,16,17,18). The van der Waals surface area contributed by atoms with Crippen molar-refractivity contribution in [1.82, 2.24) is 9.97 Å². The highest BCUT2D eigenvalue weighted by molar-refractivity contribution is 9.10. The summed E-state index contributed by atoms with van der Waals surface area (Å²) in [6.45, 7) is 2.08. The van der Waals surface area contributed by atoms with Crippen LogP contribution in [0.1, 0.15) is 18.5 Å². The number of hydrogen-bond acceptors (Lipinski definition) is 5. The predicted octanol–water partition coefficient (Wildman–Crippen LogP) is 3.72. The number of rotatable bonds is 4. The third-order valence-corrected chi connectivity index (χ3v) is 3.72. The molecule has 2 aromatic rings. The second kappa shape index (κ2) is 6.25. The zero-order chi connectivity index (χ0) is 13.8. The molecule has 2 rings (SSSR count). The Morgan fingerprint density at radius 2 is 1.95 bits per heavy atom. The van der Waals surface area contributed by atoms with E-state index < -0.39 is 0 Å². The van der Waals surface area contributed by atoms with Crippen molar-refractivity contribution in [1.29, 1.82) is 0 Å². The number of hydrogen-bond donors (Lipinski definition) is 2. The SMILES string of the molecule is CSc1nc(N)cc(NC(C)c2ccc(Br)cc2)n1. The average Bonchev–Trinajstić information content (AvgIpc) is 2.38. The zero-order valence-corrected chi connectivity index (χ0v) is 13.1. The van der Waals surface area contributed by atoms with Gasteiger partial charge in [0.2, 0.25) is 0 Å². The molecule has 1 aromatic heterocycles. The first-order valence-corrected chi connectivity index (χ1v) is 7.81. The fraction of sp³-hybridized carbons (Fsp3) is 0.231. The molecule has 1 atom stereocenters. The molecule has 0 saturated heterocycles. The number of nitrogens with zero attached hydrogens (tertiary/aromatic N) is 2. The molecule has 1 unspecified atom stereocenters. The van der Waals surface area contributed by atoms with Gasteiger partial charge in [0.15, 0.2) is 5.16 Å². The fourth-order valence-electron chi connectivity index (χ4n) is 1.66. The summed E-state index contributed by atoms with van der Waals surface area (Å²) in [5.74, 6) is 1.22. The Bertz CT molecular complexity index is 559. The Kier molecular flexibility index (Phi) is 4.66. The molecule has 0 aliphatic rings. The quantitative estimate of drug-likeness (QED) is 0.657. The third kappa shape index (κ3) is 3.84. The molecular weight excluding hydrogens is 324 g/mol. The van der Waals surface area contributed by atoms with Crippen LogP contribution in [0.25, 0.3) is 0 Å². The van der Waals surface area contributed by atoms with Crippen LogP contribution in [0, 0.1) is 0 Å². The summed E-state index contributed by atoms with van der Waals surface area (Å²) in [7, 11) is 0. The second-order valence-electron chi connectivity index (χ2n) is 4.08. The van der Waals surface area contributed by atoms with Crippen molar-refractivity contribution in [2.45, 2.75) is 18.1 Å². The zero-order valence-electron chi connectivity index (χ0n) is 10.7. The summed E-state index contributed by atoms with van der Waals surface area (Å²) in [6.07, 6.45) is 1.93. The molecule has 1 aromatic carbocycles. The number of thioether (sulfide) groups is 1. The summed E-state index contributed by atoms with van der Waals surface area (Å²) in [5.41, 5.74) is 6.94. The number of anilines is 2. The molecular formula is C13H15BrN4S. The minimum Gasteiger partial charge on any atom is -0.383 e. The van der Waals surface area contributed by atoms with E-state index in [9.17, 15) is 0 Å². The van der Waals surface area contributed by atoms with Gasteiger partial charge in [-0.2, -0.15) is 0 Å². The van der Waals surface area contributed by atoms with Gasteiger partial charge >= 0.3 is 0 Å². The minimum atomic E-state index is 0.150. The number of nitrogen functional groups attached to an aromatic ring is 1. The van der Waals surface area contributed by atoms with Crippen LogP contribution >= 0.6 is 27.7 Å². The van der Waals surface area contributed by atoms with Gasteiger partial charge in [0.1, 0.15) is 11.6 Å². The lowest BCUT2D eigenvalue weighted by atomic mass is 10.1. The maximum Gasteiger partial charge on any atom is 0.191 e. The molecule has 0 fully saturated rings. The van der Waals surface area contributed by atoms with Crippen molar-refractivity contribution in [2.24, 2.45) is 0 Å². The molecule has 0 aliphatic carbocycles. The molecule has 0 aliphatic heterocycles. The van der Waals surface area contributed by atoms with Crippen molar-refractivity contribution in [3.63, 3.8) is 0 Å². The van der Waals surface area contributed by atoms with Gasteiger partial charge in [0.25, 0.3) is 0 Å². The molecule has 19 heavy (non-hydrogen) atoms. The van der Waals surface area contributed by atoms with Crippen LogP contribution in [-0.2, 0) is 0 Å². The Labute approximate surface area is 125 Å². The lowest BCUT2D eigenvalue weighted by Crippen LogP contribution is -2.09. The normalized spacial score (nSPS) is 12.2. The summed E-state index contributed by atoms with van der Waals surface area (Å²) in [5, 5.41) is 4.01. The van der Waals surface area contributed by atoms with Gasteiger partial charge in [-0.3, -0.25) is 0 Å². The second-order valence-corrected chi connectivity index (χ2v) is 5.77. The summed E-state index contributed by atoms with van der Waals surface area (Å²) in [4.78, 5) is 8.51. The van der Waals surface area contributed by atoms with Crippen LogP contribution in [0.2, 0.25) is 0 Å². The molecule has 100 valence electrons. The number of benzene rings is 1. The van der Waals surface area contributed by atoms with E-state index in [4.69, 9.17) is 5.73 Å². The monoisotopic (exact) mass is 338 g/mol. The molecule has 6 heteroatoms. The topological polar surface area (TPSA) is 63.8 Å². The van der Waals surface area contributed by atoms with Crippen molar-refractivity contribution in [3.05, 3.63) is 40.4 Å². The van der Waals surface area contributed by atoms with E-state index in [2.05, 4.69) is 50.3 Å². The number of nitrogens with two attached hydrogens (primary N) is 1. The largest absolute Gasteiger partial charge is 0.383 e. The molecule has 0 amide bonds. The molecule has 4 nitrogen and oxygen atoms in total. The van der Waals surface area contributed by atoms with Gasteiger partial charge in [0, 0.05) is 16.6 Å². The summed E-state index contributed by atoms with van der Waals surface area (Å²) < 4.78 is 1.07. The summed E-state index contributed by atoms with van der Waals surface area (Å²) in [6, 6.07) is 10.1. The van der Waals surface area contributed by atoms with E-state index in [0.29, 0.717) is 11.0 Å². The van der Waals surface area contributed by atoms with E-state index in [1.165, 1.54) is 17.3 Å². The third-order valence-electron chi connectivity index (χ3n) is 2.64. The van der Waals surface area contributed by atoms with Gasteiger partial charge in [-0.15, -0.1) is 0 Å². The van der Waals surface area contributed by atoms with E-state index in [1.807, 2.05) is 18.4 Å². The highest BCUT2D eigenvalue weighted by Gasteiger charge is 2.08. The lowest BCUT2D eigenvalue weighted by molar-refractivity contribution is 0.857. The van der Waals surface area contributed by atoms with E-state index in [0.717, 1.165) is 10.3 Å². The molecule has 3 N–H and O–H groups in total. The first-order valence-electron chi connectivity index (χ1n) is 5.79. The van der Waals surface area contributed by atoms with Crippen molar-refractivity contribution in [2.75, 3.05) is 17.3 Å². The Balaban J connectivity index is 2.16. The van der Waals surface area contributed by atoms with Crippen LogP contribution in [0.3, 0.4) is 0 Å². The van der Waals surface area contributed by atoms with E-state index in [-0.39, 0.29) is 6.04 Å². The smallest absolute Gasteiger partial charge is 0.191 e. The van der Waals surface area contributed by atoms with Gasteiger partial charge in [-0.1, -0.05) is 39.8 Å². The van der Waals surface area contributed by atoms with Gasteiger partial charge in [0.05, 0.1) is 0 Å². The number of aromatic nitrogens is 2.